The van der Waals surface area contributed by atoms with Crippen LogP contribution in [-0.4, -0.2) is 34.0 Å². The minimum Gasteiger partial charge on any atom is -0.342 e. The van der Waals surface area contributed by atoms with Crippen molar-refractivity contribution in [1.82, 2.24) is 15.0 Å². The van der Waals surface area contributed by atoms with Gasteiger partial charge in [-0.2, -0.15) is 4.98 Å². The number of carbonyl (C=O) groups is 1. The van der Waals surface area contributed by atoms with Crippen molar-refractivity contribution in [2.75, 3.05) is 13.1 Å². The monoisotopic (exact) mass is 457 g/mol. The Kier molecular flexibility index (Phi) is 6.22. The van der Waals surface area contributed by atoms with Crippen LogP contribution in [0, 0.1) is 0 Å². The van der Waals surface area contributed by atoms with Gasteiger partial charge in [0.2, 0.25) is 17.6 Å². The molecule has 1 saturated heterocycles. The molecule has 5 nitrogen and oxygen atoms in total. The Labute approximate surface area is 198 Å². The third kappa shape index (κ3) is 4.69. The van der Waals surface area contributed by atoms with E-state index in [-0.39, 0.29) is 17.7 Å². The van der Waals surface area contributed by atoms with E-state index in [0.29, 0.717) is 29.8 Å². The van der Waals surface area contributed by atoms with Crippen molar-refractivity contribution in [3.63, 3.8) is 0 Å². The molecular formula is C27H24ClN3O2. The van der Waals surface area contributed by atoms with Crippen molar-refractivity contribution in [2.24, 2.45) is 0 Å². The van der Waals surface area contributed by atoms with Gasteiger partial charge in [0.15, 0.2) is 0 Å². The van der Waals surface area contributed by atoms with Gasteiger partial charge in [-0.15, -0.1) is 0 Å². The number of benzene rings is 3. The van der Waals surface area contributed by atoms with E-state index in [4.69, 9.17) is 16.1 Å². The fraction of sp³-hybridized carbons (Fsp3) is 0.222. The third-order valence-corrected chi connectivity index (χ3v) is 6.46. The second-order valence-corrected chi connectivity index (χ2v) is 8.75. The molecule has 0 atom stereocenters. The lowest BCUT2D eigenvalue weighted by atomic mass is 9.88. The largest absolute Gasteiger partial charge is 0.342 e. The quantitative estimate of drug-likeness (QED) is 0.372. The van der Waals surface area contributed by atoms with Gasteiger partial charge in [-0.1, -0.05) is 77.4 Å². The van der Waals surface area contributed by atoms with Gasteiger partial charge in [0.05, 0.1) is 5.92 Å². The zero-order valence-electron chi connectivity index (χ0n) is 18.1. The molecule has 0 radical (unpaired) electrons. The highest BCUT2D eigenvalue weighted by molar-refractivity contribution is 6.30. The number of rotatable bonds is 5. The molecule has 6 heteroatoms. The van der Waals surface area contributed by atoms with Crippen LogP contribution in [0.25, 0.3) is 11.4 Å². The van der Waals surface area contributed by atoms with Crippen LogP contribution >= 0.6 is 11.6 Å². The summed E-state index contributed by atoms with van der Waals surface area (Å²) in [6, 6.07) is 27.4. The smallest absolute Gasteiger partial charge is 0.234 e. The minimum atomic E-state index is -0.302. The lowest BCUT2D eigenvalue weighted by Gasteiger charge is -2.33. The number of piperidine rings is 1. The van der Waals surface area contributed by atoms with Crippen LogP contribution in [0.5, 0.6) is 0 Å². The Morgan fingerprint density at radius 3 is 2.03 bits per heavy atom. The first-order valence-electron chi connectivity index (χ1n) is 11.2. The van der Waals surface area contributed by atoms with Gasteiger partial charge >= 0.3 is 0 Å². The number of likely N-dealkylation sites (tertiary alicyclic amines) is 1. The number of hydrogen-bond acceptors (Lipinski definition) is 4. The molecular weight excluding hydrogens is 434 g/mol. The molecule has 0 spiro atoms. The molecule has 1 fully saturated rings. The number of nitrogens with zero attached hydrogens (tertiary/aromatic N) is 3. The summed E-state index contributed by atoms with van der Waals surface area (Å²) >= 11 is 5.97. The van der Waals surface area contributed by atoms with Crippen molar-refractivity contribution in [3.05, 3.63) is 107 Å². The van der Waals surface area contributed by atoms with Crippen LogP contribution < -0.4 is 0 Å². The van der Waals surface area contributed by atoms with Gasteiger partial charge in [0.25, 0.3) is 0 Å². The molecule has 2 heterocycles. The molecule has 0 saturated carbocycles. The first-order valence-corrected chi connectivity index (χ1v) is 11.5. The maximum Gasteiger partial charge on any atom is 0.234 e. The van der Waals surface area contributed by atoms with Crippen LogP contribution in [0.2, 0.25) is 5.02 Å². The SMILES string of the molecule is O=C(C(c1ccccc1)c1ccccc1)N1CCC(c2nc(-c3ccc(Cl)cc3)no2)CC1. The van der Waals surface area contributed by atoms with Gasteiger partial charge in [-0.3, -0.25) is 4.79 Å². The fourth-order valence-electron chi connectivity index (χ4n) is 4.42. The molecule has 4 aromatic rings. The maximum absolute atomic E-state index is 13.6. The van der Waals surface area contributed by atoms with Crippen molar-refractivity contribution >= 4 is 17.5 Å². The second kappa shape index (κ2) is 9.59. The van der Waals surface area contributed by atoms with Crippen LogP contribution in [0.3, 0.4) is 0 Å². The normalized spacial score (nSPS) is 14.5. The van der Waals surface area contributed by atoms with E-state index < -0.39 is 0 Å². The molecule has 0 bridgehead atoms. The molecule has 33 heavy (non-hydrogen) atoms. The van der Waals surface area contributed by atoms with Gasteiger partial charge in [0, 0.05) is 29.6 Å². The Morgan fingerprint density at radius 2 is 1.45 bits per heavy atom. The Morgan fingerprint density at radius 1 is 0.879 bits per heavy atom. The maximum atomic E-state index is 13.6. The number of hydrogen-bond donors (Lipinski definition) is 0. The highest BCUT2D eigenvalue weighted by atomic mass is 35.5. The van der Waals surface area contributed by atoms with Crippen LogP contribution in [0.15, 0.2) is 89.5 Å². The standard InChI is InChI=1S/C27H24ClN3O2/c28-23-13-11-21(12-14-23)25-29-26(33-30-25)22-15-17-31(18-16-22)27(32)24(19-7-3-1-4-8-19)20-9-5-2-6-10-20/h1-14,22,24H,15-18H2. The lowest BCUT2D eigenvalue weighted by molar-refractivity contribution is -0.133. The molecule has 166 valence electrons. The summed E-state index contributed by atoms with van der Waals surface area (Å²) in [7, 11) is 0. The van der Waals surface area contributed by atoms with Gasteiger partial charge < -0.3 is 9.42 Å². The van der Waals surface area contributed by atoms with E-state index in [1.807, 2.05) is 89.8 Å². The van der Waals surface area contributed by atoms with Crippen LogP contribution in [-0.2, 0) is 4.79 Å². The summed E-state index contributed by atoms with van der Waals surface area (Å²) in [4.78, 5) is 20.2. The Hall–Kier alpha value is -3.44. The molecule has 3 aromatic carbocycles. The lowest BCUT2D eigenvalue weighted by Crippen LogP contribution is -2.41. The number of amides is 1. The first-order chi connectivity index (χ1) is 16.2. The zero-order valence-corrected chi connectivity index (χ0v) is 18.9. The third-order valence-electron chi connectivity index (χ3n) is 6.21. The summed E-state index contributed by atoms with van der Waals surface area (Å²) in [6.07, 6.45) is 1.59. The number of aromatic nitrogens is 2. The van der Waals surface area contributed by atoms with Crippen molar-refractivity contribution in [3.8, 4) is 11.4 Å². The summed E-state index contributed by atoms with van der Waals surface area (Å²) in [6.45, 7) is 1.33. The summed E-state index contributed by atoms with van der Waals surface area (Å²) < 4.78 is 5.57. The highest BCUT2D eigenvalue weighted by Crippen LogP contribution is 2.32. The summed E-state index contributed by atoms with van der Waals surface area (Å²) in [5, 5.41) is 4.81. The molecule has 1 aliphatic rings. The molecule has 0 aliphatic carbocycles. The van der Waals surface area contributed by atoms with Gasteiger partial charge in [0.1, 0.15) is 0 Å². The molecule has 5 rings (SSSR count). The van der Waals surface area contributed by atoms with Crippen LogP contribution in [0.1, 0.15) is 41.7 Å². The summed E-state index contributed by atoms with van der Waals surface area (Å²) in [5.41, 5.74) is 2.90. The van der Waals surface area contributed by atoms with E-state index in [0.717, 1.165) is 29.5 Å². The predicted octanol–water partition coefficient (Wildman–Crippen LogP) is 5.93. The molecule has 0 N–H and O–H groups in total. The second-order valence-electron chi connectivity index (χ2n) is 8.32. The van der Waals surface area contributed by atoms with Crippen molar-refractivity contribution < 1.29 is 9.32 Å². The van der Waals surface area contributed by atoms with E-state index in [1.54, 1.807) is 0 Å². The van der Waals surface area contributed by atoms with Gasteiger partial charge in [-0.05, 0) is 48.2 Å². The first kappa shape index (κ1) is 21.4. The summed E-state index contributed by atoms with van der Waals surface area (Å²) in [5.74, 6) is 1.18. The van der Waals surface area contributed by atoms with Gasteiger partial charge in [-0.25, -0.2) is 0 Å². The number of carbonyl (C=O) groups excluding carboxylic acids is 1. The van der Waals surface area contributed by atoms with E-state index in [1.165, 1.54) is 0 Å². The van der Waals surface area contributed by atoms with E-state index >= 15 is 0 Å². The fourth-order valence-corrected chi connectivity index (χ4v) is 4.54. The van der Waals surface area contributed by atoms with Crippen molar-refractivity contribution in [2.45, 2.75) is 24.7 Å². The minimum absolute atomic E-state index is 0.137. The van der Waals surface area contributed by atoms with Crippen LogP contribution in [0.4, 0.5) is 0 Å². The number of halogens is 1. The average molecular weight is 458 g/mol. The molecule has 1 aromatic heterocycles. The zero-order chi connectivity index (χ0) is 22.6. The molecule has 1 amide bonds. The highest BCUT2D eigenvalue weighted by Gasteiger charge is 2.32. The Balaban J connectivity index is 1.29. The Bertz CT molecular complexity index is 1160. The molecule has 1 aliphatic heterocycles. The van der Waals surface area contributed by atoms with Crippen molar-refractivity contribution in [1.29, 1.82) is 0 Å². The molecule has 0 unspecified atom stereocenters. The van der Waals surface area contributed by atoms with E-state index in [2.05, 4.69) is 10.1 Å². The van der Waals surface area contributed by atoms with E-state index in [9.17, 15) is 4.79 Å². The topological polar surface area (TPSA) is 59.2 Å². The predicted molar refractivity (Wildman–Crippen MR) is 128 cm³/mol. The average Bonchev–Trinajstić information content (AvgIpc) is 3.36.